The van der Waals surface area contributed by atoms with Crippen LogP contribution in [0.5, 0.6) is 0 Å². The van der Waals surface area contributed by atoms with E-state index in [1.165, 1.54) is 0 Å². The van der Waals surface area contributed by atoms with Gasteiger partial charge >= 0.3 is 11.8 Å². The molecule has 1 aromatic carbocycles. The molecule has 2 rings (SSSR count). The van der Waals surface area contributed by atoms with E-state index in [1.54, 1.807) is 24.3 Å². The van der Waals surface area contributed by atoms with Gasteiger partial charge in [0.15, 0.2) is 0 Å². The van der Waals surface area contributed by atoms with Gasteiger partial charge in [0.1, 0.15) is 0 Å². The number of rotatable bonds is 4. The van der Waals surface area contributed by atoms with Crippen LogP contribution in [0.15, 0.2) is 24.3 Å². The third-order valence-corrected chi connectivity index (χ3v) is 4.49. The topological polar surface area (TPSA) is 61.4 Å². The van der Waals surface area contributed by atoms with Crippen LogP contribution >= 0.6 is 11.6 Å². The minimum Gasteiger partial charge on any atom is -0.348 e. The van der Waals surface area contributed by atoms with E-state index in [4.69, 9.17) is 11.6 Å². The minimum absolute atomic E-state index is 0.442. The summed E-state index contributed by atoms with van der Waals surface area (Å²) >= 11 is 5.78. The summed E-state index contributed by atoms with van der Waals surface area (Å²) in [6, 6.07) is 7.22. The van der Waals surface area contributed by atoms with Crippen molar-refractivity contribution in [2.75, 3.05) is 25.0 Å². The standard InChI is InChI=1S/C17H24ClN3O2/c1-12(2)21-9-7-13(8-10-21)11-19-16(22)17(23)20-15-5-3-14(18)4-6-15/h3-6,12-13H,7-11H2,1-2H3,(H,19,22)(H,20,23). The summed E-state index contributed by atoms with van der Waals surface area (Å²) in [4.78, 5) is 26.2. The quantitative estimate of drug-likeness (QED) is 0.830. The molecule has 1 heterocycles. The van der Waals surface area contributed by atoms with E-state index in [0.29, 0.717) is 29.2 Å². The van der Waals surface area contributed by atoms with Gasteiger partial charge in [-0.25, -0.2) is 0 Å². The van der Waals surface area contributed by atoms with Crippen LogP contribution < -0.4 is 10.6 Å². The highest BCUT2D eigenvalue weighted by atomic mass is 35.5. The maximum Gasteiger partial charge on any atom is 0.313 e. The first-order valence-corrected chi connectivity index (χ1v) is 8.42. The minimum atomic E-state index is -0.646. The van der Waals surface area contributed by atoms with Crippen molar-refractivity contribution in [1.29, 1.82) is 0 Å². The molecular weight excluding hydrogens is 314 g/mol. The summed E-state index contributed by atoms with van der Waals surface area (Å²) in [5.41, 5.74) is 0.555. The Hall–Kier alpha value is -1.59. The summed E-state index contributed by atoms with van der Waals surface area (Å²) in [6.07, 6.45) is 2.11. The smallest absolute Gasteiger partial charge is 0.313 e. The highest BCUT2D eigenvalue weighted by Gasteiger charge is 2.22. The number of likely N-dealkylation sites (tertiary alicyclic amines) is 1. The number of nitrogens with one attached hydrogen (secondary N) is 2. The largest absolute Gasteiger partial charge is 0.348 e. The Bertz CT molecular complexity index is 537. The first kappa shape index (κ1) is 17.8. The van der Waals surface area contributed by atoms with E-state index in [9.17, 15) is 9.59 Å². The molecular formula is C17H24ClN3O2. The van der Waals surface area contributed by atoms with Crippen molar-refractivity contribution in [3.8, 4) is 0 Å². The summed E-state index contributed by atoms with van der Waals surface area (Å²) in [5.74, 6) is -0.796. The number of benzene rings is 1. The zero-order valence-corrected chi connectivity index (χ0v) is 14.4. The second-order valence-electron chi connectivity index (χ2n) is 6.24. The second kappa shape index (κ2) is 8.31. The Labute approximate surface area is 142 Å². The Morgan fingerprint density at radius 2 is 1.78 bits per heavy atom. The molecule has 1 aliphatic rings. The van der Waals surface area contributed by atoms with Crippen molar-refractivity contribution < 1.29 is 9.59 Å². The molecule has 126 valence electrons. The van der Waals surface area contributed by atoms with Gasteiger partial charge in [0.2, 0.25) is 0 Å². The maximum atomic E-state index is 11.9. The van der Waals surface area contributed by atoms with Crippen LogP contribution in [0.1, 0.15) is 26.7 Å². The first-order chi connectivity index (χ1) is 11.0. The van der Waals surface area contributed by atoms with Crippen molar-refractivity contribution >= 4 is 29.1 Å². The lowest BCUT2D eigenvalue weighted by molar-refractivity contribution is -0.136. The van der Waals surface area contributed by atoms with Gasteiger partial charge < -0.3 is 15.5 Å². The van der Waals surface area contributed by atoms with Gasteiger partial charge in [-0.3, -0.25) is 9.59 Å². The fourth-order valence-electron chi connectivity index (χ4n) is 2.71. The van der Waals surface area contributed by atoms with E-state index in [-0.39, 0.29) is 0 Å². The third kappa shape index (κ3) is 5.52. The van der Waals surface area contributed by atoms with Gasteiger partial charge in [-0.2, -0.15) is 0 Å². The Morgan fingerprint density at radius 1 is 1.17 bits per heavy atom. The summed E-state index contributed by atoms with van der Waals surface area (Å²) in [7, 11) is 0. The number of hydrogen-bond donors (Lipinski definition) is 2. The van der Waals surface area contributed by atoms with Gasteiger partial charge in [0.25, 0.3) is 0 Å². The predicted molar refractivity (Wildman–Crippen MR) is 92.5 cm³/mol. The second-order valence-corrected chi connectivity index (χ2v) is 6.68. The maximum absolute atomic E-state index is 11.9. The van der Waals surface area contributed by atoms with Crippen LogP contribution in [-0.2, 0) is 9.59 Å². The highest BCUT2D eigenvalue weighted by Crippen LogP contribution is 2.18. The van der Waals surface area contributed by atoms with Gasteiger partial charge in [-0.05, 0) is 70.0 Å². The lowest BCUT2D eigenvalue weighted by Crippen LogP contribution is -2.43. The van der Waals surface area contributed by atoms with Crippen LogP contribution in [0.2, 0.25) is 5.02 Å². The SMILES string of the molecule is CC(C)N1CCC(CNC(=O)C(=O)Nc2ccc(Cl)cc2)CC1. The molecule has 1 aliphatic heterocycles. The van der Waals surface area contributed by atoms with Crippen LogP contribution in [0.25, 0.3) is 0 Å². The monoisotopic (exact) mass is 337 g/mol. The number of hydrogen-bond acceptors (Lipinski definition) is 3. The Balaban J connectivity index is 1.72. The van der Waals surface area contributed by atoms with Gasteiger partial charge in [0.05, 0.1) is 0 Å². The molecule has 0 bridgehead atoms. The number of halogens is 1. The van der Waals surface area contributed by atoms with Gasteiger partial charge in [-0.1, -0.05) is 11.6 Å². The van der Waals surface area contributed by atoms with E-state index in [1.807, 2.05) is 0 Å². The molecule has 0 aliphatic carbocycles. The molecule has 1 saturated heterocycles. The Morgan fingerprint density at radius 3 is 2.35 bits per heavy atom. The summed E-state index contributed by atoms with van der Waals surface area (Å²) in [5, 5.41) is 5.88. The van der Waals surface area contributed by atoms with Crippen LogP contribution in [0, 0.1) is 5.92 Å². The average Bonchev–Trinajstić information content (AvgIpc) is 2.55. The number of anilines is 1. The average molecular weight is 338 g/mol. The molecule has 0 spiro atoms. The van der Waals surface area contributed by atoms with Crippen molar-refractivity contribution in [3.05, 3.63) is 29.3 Å². The molecule has 0 atom stereocenters. The van der Waals surface area contributed by atoms with E-state index in [2.05, 4.69) is 29.4 Å². The Kier molecular flexibility index (Phi) is 6.42. The van der Waals surface area contributed by atoms with Gasteiger partial charge in [0, 0.05) is 23.3 Å². The lowest BCUT2D eigenvalue weighted by atomic mass is 9.96. The van der Waals surface area contributed by atoms with Crippen molar-refractivity contribution in [2.24, 2.45) is 5.92 Å². The molecule has 0 saturated carbocycles. The van der Waals surface area contributed by atoms with E-state index >= 15 is 0 Å². The molecule has 1 aromatic rings. The molecule has 1 fully saturated rings. The summed E-state index contributed by atoms with van der Waals surface area (Å²) < 4.78 is 0. The molecule has 6 heteroatoms. The molecule has 0 radical (unpaired) electrons. The zero-order valence-electron chi connectivity index (χ0n) is 13.6. The molecule has 5 nitrogen and oxygen atoms in total. The number of carbonyl (C=O) groups excluding carboxylic acids is 2. The predicted octanol–water partition coefficient (Wildman–Crippen LogP) is 2.52. The molecule has 0 unspecified atom stereocenters. The van der Waals surface area contributed by atoms with Crippen molar-refractivity contribution in [1.82, 2.24) is 10.2 Å². The molecule has 0 aromatic heterocycles. The van der Waals surface area contributed by atoms with E-state index in [0.717, 1.165) is 25.9 Å². The van der Waals surface area contributed by atoms with E-state index < -0.39 is 11.8 Å². The van der Waals surface area contributed by atoms with Crippen LogP contribution in [0.4, 0.5) is 5.69 Å². The number of nitrogens with zero attached hydrogens (tertiary/aromatic N) is 1. The zero-order chi connectivity index (χ0) is 16.8. The normalized spacial score (nSPS) is 16.3. The number of piperidine rings is 1. The molecule has 2 N–H and O–H groups in total. The number of carbonyl (C=O) groups is 2. The third-order valence-electron chi connectivity index (χ3n) is 4.24. The molecule has 2 amide bonds. The van der Waals surface area contributed by atoms with Crippen molar-refractivity contribution in [2.45, 2.75) is 32.7 Å². The lowest BCUT2D eigenvalue weighted by Gasteiger charge is -2.34. The number of amides is 2. The fraction of sp³-hybridized carbons (Fsp3) is 0.529. The summed E-state index contributed by atoms with van der Waals surface area (Å²) in [6.45, 7) is 7.05. The van der Waals surface area contributed by atoms with Gasteiger partial charge in [-0.15, -0.1) is 0 Å². The van der Waals surface area contributed by atoms with Crippen LogP contribution in [-0.4, -0.2) is 42.4 Å². The molecule has 23 heavy (non-hydrogen) atoms. The van der Waals surface area contributed by atoms with Crippen molar-refractivity contribution in [3.63, 3.8) is 0 Å². The first-order valence-electron chi connectivity index (χ1n) is 8.04. The fourth-order valence-corrected chi connectivity index (χ4v) is 2.84. The highest BCUT2D eigenvalue weighted by molar-refractivity contribution is 6.39. The van der Waals surface area contributed by atoms with Crippen LogP contribution in [0.3, 0.4) is 0 Å².